The highest BCUT2D eigenvalue weighted by atomic mass is 35.5. The molecule has 2 aromatic rings. The van der Waals surface area contributed by atoms with Crippen LogP contribution in [0.5, 0.6) is 5.75 Å². The Labute approximate surface area is 158 Å². The summed E-state index contributed by atoms with van der Waals surface area (Å²) in [6.45, 7) is 1.24. The summed E-state index contributed by atoms with van der Waals surface area (Å²) in [5.74, 6) is -1.17. The second kappa shape index (κ2) is 7.77. The highest BCUT2D eigenvalue weighted by Gasteiger charge is 2.32. The minimum Gasteiger partial charge on any atom is -0.495 e. The molecule has 148 valence electrons. The maximum atomic E-state index is 12.5. The van der Waals surface area contributed by atoms with Gasteiger partial charge in [-0.1, -0.05) is 23.7 Å². The van der Waals surface area contributed by atoms with Crippen LogP contribution >= 0.6 is 11.6 Å². The number of methoxy groups -OCH3 is 1. The zero-order valence-electron chi connectivity index (χ0n) is 14.1. The van der Waals surface area contributed by atoms with Crippen molar-refractivity contribution in [2.45, 2.75) is 30.5 Å². The van der Waals surface area contributed by atoms with Crippen molar-refractivity contribution in [1.29, 1.82) is 0 Å². The minimum absolute atomic E-state index is 0.00762. The standard InChI is InChI=1S/C15H15ClF3N3O4S/c1-9(7-15(17,18)19)22-8-20-12(13(22)16)14(23)21-27(24,25)11-6-4-3-5-10(11)26-2/h3-6,8-9H,7H2,1-2H3,(H,21,23). The Kier molecular flexibility index (Phi) is 6.05. The first-order chi connectivity index (χ1) is 12.5. The lowest BCUT2D eigenvalue weighted by Gasteiger charge is -2.16. The minimum atomic E-state index is -4.44. The van der Waals surface area contributed by atoms with Crippen molar-refractivity contribution in [3.8, 4) is 5.75 Å². The lowest BCUT2D eigenvalue weighted by atomic mass is 10.2. The molecule has 0 bridgehead atoms. The number of hydrogen-bond acceptors (Lipinski definition) is 5. The summed E-state index contributed by atoms with van der Waals surface area (Å²) in [5.41, 5.74) is -0.510. The van der Waals surface area contributed by atoms with E-state index in [0.717, 1.165) is 10.9 Å². The molecule has 0 fully saturated rings. The van der Waals surface area contributed by atoms with Crippen LogP contribution in [0.4, 0.5) is 13.2 Å². The number of aromatic nitrogens is 2. The van der Waals surface area contributed by atoms with E-state index in [1.165, 1.54) is 32.2 Å². The predicted molar refractivity (Wildman–Crippen MR) is 90.3 cm³/mol. The molecule has 1 aromatic carbocycles. The number of para-hydroxylation sites is 1. The van der Waals surface area contributed by atoms with E-state index in [9.17, 15) is 26.4 Å². The van der Waals surface area contributed by atoms with Gasteiger partial charge in [0, 0.05) is 6.04 Å². The van der Waals surface area contributed by atoms with Gasteiger partial charge in [-0.15, -0.1) is 0 Å². The highest BCUT2D eigenvalue weighted by molar-refractivity contribution is 7.90. The van der Waals surface area contributed by atoms with Gasteiger partial charge in [0.05, 0.1) is 19.9 Å². The fourth-order valence-electron chi connectivity index (χ4n) is 2.31. The molecule has 1 heterocycles. The van der Waals surface area contributed by atoms with Crippen LogP contribution in [0.2, 0.25) is 5.15 Å². The molecule has 0 saturated heterocycles. The zero-order valence-corrected chi connectivity index (χ0v) is 15.7. The van der Waals surface area contributed by atoms with Crippen molar-refractivity contribution in [3.05, 3.63) is 41.4 Å². The first kappa shape index (κ1) is 21.0. The van der Waals surface area contributed by atoms with Crippen LogP contribution in [0, 0.1) is 0 Å². The van der Waals surface area contributed by atoms with Crippen molar-refractivity contribution in [2.24, 2.45) is 0 Å². The summed E-state index contributed by atoms with van der Waals surface area (Å²) in [4.78, 5) is 15.6. The summed E-state index contributed by atoms with van der Waals surface area (Å²) < 4.78 is 70.0. The summed E-state index contributed by atoms with van der Waals surface area (Å²) in [7, 11) is -3.06. The summed E-state index contributed by atoms with van der Waals surface area (Å²) in [6, 6.07) is 4.46. The Morgan fingerprint density at radius 3 is 2.59 bits per heavy atom. The first-order valence-electron chi connectivity index (χ1n) is 7.45. The van der Waals surface area contributed by atoms with Gasteiger partial charge in [0.25, 0.3) is 15.9 Å². The first-order valence-corrected chi connectivity index (χ1v) is 9.31. The molecule has 1 unspecified atom stereocenters. The van der Waals surface area contributed by atoms with Crippen LogP contribution < -0.4 is 9.46 Å². The third-order valence-electron chi connectivity index (χ3n) is 3.54. The van der Waals surface area contributed by atoms with E-state index in [-0.39, 0.29) is 10.6 Å². The molecular formula is C15H15ClF3N3O4S. The Hall–Kier alpha value is -2.27. The zero-order chi connectivity index (χ0) is 20.4. The Balaban J connectivity index is 2.26. The van der Waals surface area contributed by atoms with E-state index in [2.05, 4.69) is 4.98 Å². The summed E-state index contributed by atoms with van der Waals surface area (Å²) in [5, 5.41) is -0.403. The van der Waals surface area contributed by atoms with Gasteiger partial charge >= 0.3 is 6.18 Å². The molecular weight excluding hydrogens is 411 g/mol. The van der Waals surface area contributed by atoms with Crippen molar-refractivity contribution >= 4 is 27.5 Å². The van der Waals surface area contributed by atoms with E-state index >= 15 is 0 Å². The quantitative estimate of drug-likeness (QED) is 0.767. The lowest BCUT2D eigenvalue weighted by Crippen LogP contribution is -2.31. The van der Waals surface area contributed by atoms with E-state index in [1.54, 1.807) is 10.8 Å². The molecule has 12 heteroatoms. The molecule has 0 saturated carbocycles. The molecule has 1 N–H and O–H groups in total. The summed E-state index contributed by atoms with van der Waals surface area (Å²) >= 11 is 5.93. The van der Waals surface area contributed by atoms with E-state index in [4.69, 9.17) is 16.3 Å². The fraction of sp³-hybridized carbons (Fsp3) is 0.333. The topological polar surface area (TPSA) is 90.3 Å². The van der Waals surface area contributed by atoms with Crippen LogP contribution in [0.25, 0.3) is 0 Å². The number of benzene rings is 1. The third kappa shape index (κ3) is 4.92. The number of carbonyl (C=O) groups excluding carboxylic acids is 1. The van der Waals surface area contributed by atoms with Gasteiger partial charge in [-0.05, 0) is 19.1 Å². The van der Waals surface area contributed by atoms with E-state index < -0.39 is 45.4 Å². The van der Waals surface area contributed by atoms with Gasteiger partial charge in [0.2, 0.25) is 0 Å². The SMILES string of the molecule is COc1ccccc1S(=O)(=O)NC(=O)c1ncn(C(C)CC(F)(F)F)c1Cl. The number of amides is 1. The normalized spacial score (nSPS) is 13.3. The van der Waals surface area contributed by atoms with Crippen LogP contribution in [0.15, 0.2) is 35.5 Å². The van der Waals surface area contributed by atoms with Gasteiger partial charge in [0.15, 0.2) is 5.69 Å². The number of sulfonamides is 1. The number of nitrogens with zero attached hydrogens (tertiary/aromatic N) is 2. The number of halogens is 4. The molecule has 27 heavy (non-hydrogen) atoms. The molecule has 0 radical (unpaired) electrons. The Morgan fingerprint density at radius 1 is 1.37 bits per heavy atom. The van der Waals surface area contributed by atoms with Crippen molar-refractivity contribution < 1.29 is 31.1 Å². The Bertz CT molecular complexity index is 944. The molecule has 0 aliphatic carbocycles. The number of carbonyl (C=O) groups is 1. The summed E-state index contributed by atoms with van der Waals surface area (Å²) in [6.07, 6.45) is -4.68. The number of hydrogen-bond donors (Lipinski definition) is 1. The van der Waals surface area contributed by atoms with Crippen molar-refractivity contribution in [1.82, 2.24) is 14.3 Å². The second-order valence-corrected chi connectivity index (χ2v) is 7.55. The molecule has 1 amide bonds. The molecule has 1 atom stereocenters. The van der Waals surface area contributed by atoms with Crippen LogP contribution in [0.1, 0.15) is 29.9 Å². The molecule has 0 spiro atoms. The van der Waals surface area contributed by atoms with Crippen LogP contribution in [-0.2, 0) is 10.0 Å². The number of rotatable bonds is 6. The predicted octanol–water partition coefficient (Wildman–Crippen LogP) is 3.18. The van der Waals surface area contributed by atoms with Gasteiger partial charge in [-0.25, -0.2) is 18.1 Å². The third-order valence-corrected chi connectivity index (χ3v) is 5.28. The lowest BCUT2D eigenvalue weighted by molar-refractivity contribution is -0.141. The number of ether oxygens (including phenoxy) is 1. The average Bonchev–Trinajstić information content (AvgIpc) is 2.94. The Morgan fingerprint density at radius 2 is 2.00 bits per heavy atom. The van der Waals surface area contributed by atoms with Crippen molar-refractivity contribution in [3.63, 3.8) is 0 Å². The number of alkyl halides is 3. The molecule has 2 rings (SSSR count). The second-order valence-electron chi connectivity index (χ2n) is 5.55. The largest absolute Gasteiger partial charge is 0.495 e. The molecule has 0 aliphatic rings. The molecule has 7 nitrogen and oxygen atoms in total. The maximum Gasteiger partial charge on any atom is 0.391 e. The van der Waals surface area contributed by atoms with Crippen molar-refractivity contribution in [2.75, 3.05) is 7.11 Å². The van der Waals surface area contributed by atoms with Crippen LogP contribution in [-0.4, -0.2) is 37.2 Å². The van der Waals surface area contributed by atoms with Gasteiger partial charge in [-0.2, -0.15) is 13.2 Å². The van der Waals surface area contributed by atoms with E-state index in [0.29, 0.717) is 0 Å². The van der Waals surface area contributed by atoms with Crippen LogP contribution in [0.3, 0.4) is 0 Å². The maximum absolute atomic E-state index is 12.5. The van der Waals surface area contributed by atoms with Gasteiger partial charge in [0.1, 0.15) is 15.8 Å². The number of imidazole rings is 1. The van der Waals surface area contributed by atoms with E-state index in [1.807, 2.05) is 0 Å². The average molecular weight is 426 g/mol. The highest BCUT2D eigenvalue weighted by Crippen LogP contribution is 2.30. The monoisotopic (exact) mass is 425 g/mol. The van der Waals surface area contributed by atoms with Gasteiger partial charge in [-0.3, -0.25) is 4.79 Å². The van der Waals surface area contributed by atoms with Gasteiger partial charge < -0.3 is 9.30 Å². The fourth-order valence-corrected chi connectivity index (χ4v) is 3.77. The number of nitrogens with one attached hydrogen (secondary N) is 1. The smallest absolute Gasteiger partial charge is 0.391 e. The molecule has 1 aromatic heterocycles. The molecule has 0 aliphatic heterocycles.